The van der Waals surface area contributed by atoms with Gasteiger partial charge in [-0.15, -0.1) is 0 Å². The van der Waals surface area contributed by atoms with Crippen LogP contribution in [0.3, 0.4) is 0 Å². The smallest absolute Gasteiger partial charge is 0.211 e. The van der Waals surface area contributed by atoms with Crippen molar-refractivity contribution in [2.24, 2.45) is 20.4 Å². The largest absolute Gasteiger partial charge is 0.235 e. The molecule has 0 unspecified atom stereocenters. The molecule has 1 aliphatic carbocycles. The van der Waals surface area contributed by atoms with Crippen LogP contribution >= 0.6 is 0 Å². The van der Waals surface area contributed by atoms with E-state index in [0.717, 1.165) is 25.7 Å². The lowest BCUT2D eigenvalue weighted by Crippen LogP contribution is -2.34. The number of isocyanates is 3. The Kier molecular flexibility index (Phi) is 5.18. The molecule has 0 saturated heterocycles. The summed E-state index contributed by atoms with van der Waals surface area (Å²) in [6.45, 7) is 0.610. The summed E-state index contributed by atoms with van der Waals surface area (Å²) in [5.74, 6) is 0. The van der Waals surface area contributed by atoms with Crippen molar-refractivity contribution in [3.05, 3.63) is 0 Å². The van der Waals surface area contributed by atoms with E-state index in [1.807, 2.05) is 0 Å². The zero-order valence-electron chi connectivity index (χ0n) is 9.39. The molecule has 6 heteroatoms. The van der Waals surface area contributed by atoms with Crippen LogP contribution in [0, 0.1) is 5.41 Å². The van der Waals surface area contributed by atoms with Crippen molar-refractivity contribution in [1.82, 2.24) is 0 Å². The molecule has 90 valence electrons. The molecular weight excluding hydrogens is 222 g/mol. The maximum Gasteiger partial charge on any atom is 0.235 e. The van der Waals surface area contributed by atoms with Crippen molar-refractivity contribution in [2.75, 3.05) is 13.1 Å². The van der Waals surface area contributed by atoms with E-state index >= 15 is 0 Å². The molecule has 6 nitrogen and oxygen atoms in total. The Morgan fingerprint density at radius 1 is 0.941 bits per heavy atom. The molecule has 1 rings (SSSR count). The number of aliphatic imine (C=N–C) groups is 3. The first-order valence-corrected chi connectivity index (χ1v) is 5.40. The summed E-state index contributed by atoms with van der Waals surface area (Å²) < 4.78 is 0. The molecule has 0 amide bonds. The van der Waals surface area contributed by atoms with E-state index in [9.17, 15) is 14.4 Å². The molecular formula is C11H13N3O3. The van der Waals surface area contributed by atoms with Gasteiger partial charge in [0, 0.05) is 5.41 Å². The molecule has 0 aromatic carbocycles. The second kappa shape index (κ2) is 6.66. The molecule has 0 aromatic heterocycles. The summed E-state index contributed by atoms with van der Waals surface area (Å²) in [6.07, 6.45) is 7.44. The molecule has 0 heterocycles. The minimum atomic E-state index is -0.288. The molecule has 0 bridgehead atoms. The lowest BCUT2D eigenvalue weighted by molar-refractivity contribution is 0.195. The van der Waals surface area contributed by atoms with Gasteiger partial charge in [0.15, 0.2) is 0 Å². The van der Waals surface area contributed by atoms with Crippen LogP contribution in [0.5, 0.6) is 0 Å². The van der Waals surface area contributed by atoms with Crippen molar-refractivity contribution < 1.29 is 14.4 Å². The molecule has 1 saturated carbocycles. The molecule has 0 N–H and O–H groups in total. The first-order chi connectivity index (χ1) is 8.26. The monoisotopic (exact) mass is 235 g/mol. The summed E-state index contributed by atoms with van der Waals surface area (Å²) in [4.78, 5) is 41.3. The maximum absolute atomic E-state index is 10.2. The van der Waals surface area contributed by atoms with Gasteiger partial charge in [0.05, 0.1) is 19.1 Å². The van der Waals surface area contributed by atoms with E-state index in [2.05, 4.69) is 15.0 Å². The van der Waals surface area contributed by atoms with Gasteiger partial charge in [-0.1, -0.05) is 0 Å². The Morgan fingerprint density at radius 2 is 1.47 bits per heavy atom. The highest BCUT2D eigenvalue weighted by molar-refractivity contribution is 5.34. The standard InChI is InChI=1S/C11H13N3O3/c15-7-12-5-11(6-13-8-16)3-1-10(2-4-11)14-9-17/h10H,1-6H2. The quantitative estimate of drug-likeness (QED) is 0.524. The van der Waals surface area contributed by atoms with E-state index in [1.165, 1.54) is 12.2 Å². The molecule has 17 heavy (non-hydrogen) atoms. The number of hydrogen-bond donors (Lipinski definition) is 0. The Bertz CT molecular complexity index is 372. The molecule has 0 atom stereocenters. The SMILES string of the molecule is O=C=NCC1(CN=C=O)CCC(N=C=O)CC1. The third kappa shape index (κ3) is 3.89. The predicted octanol–water partition coefficient (Wildman–Crippen LogP) is 0.923. The van der Waals surface area contributed by atoms with Crippen molar-refractivity contribution >= 4 is 18.2 Å². The summed E-state index contributed by atoms with van der Waals surface area (Å²) in [5, 5.41) is 0. The van der Waals surface area contributed by atoms with E-state index in [1.54, 1.807) is 6.08 Å². The Balaban J connectivity index is 2.69. The van der Waals surface area contributed by atoms with Crippen LogP contribution in [0.1, 0.15) is 25.7 Å². The van der Waals surface area contributed by atoms with Gasteiger partial charge in [0.1, 0.15) is 0 Å². The van der Waals surface area contributed by atoms with Crippen LogP contribution in [0.4, 0.5) is 0 Å². The van der Waals surface area contributed by atoms with Gasteiger partial charge >= 0.3 is 0 Å². The second-order valence-corrected chi connectivity index (χ2v) is 4.27. The minimum Gasteiger partial charge on any atom is -0.211 e. The van der Waals surface area contributed by atoms with Gasteiger partial charge in [-0.25, -0.2) is 29.4 Å². The molecule has 1 aliphatic rings. The number of nitrogens with zero attached hydrogens (tertiary/aromatic N) is 3. The van der Waals surface area contributed by atoms with Crippen LogP contribution in [-0.2, 0) is 14.4 Å². The van der Waals surface area contributed by atoms with Gasteiger partial charge < -0.3 is 0 Å². The highest BCUT2D eigenvalue weighted by Gasteiger charge is 2.35. The zero-order chi connectivity index (χ0) is 12.6. The molecule has 0 aliphatic heterocycles. The second-order valence-electron chi connectivity index (χ2n) is 4.27. The van der Waals surface area contributed by atoms with Crippen molar-refractivity contribution in [3.8, 4) is 0 Å². The zero-order valence-corrected chi connectivity index (χ0v) is 9.39. The molecule has 0 radical (unpaired) electrons. The van der Waals surface area contributed by atoms with Crippen LogP contribution in [0.25, 0.3) is 0 Å². The van der Waals surface area contributed by atoms with Crippen molar-refractivity contribution in [3.63, 3.8) is 0 Å². The summed E-state index contributed by atoms with van der Waals surface area (Å²) >= 11 is 0. The van der Waals surface area contributed by atoms with E-state index in [-0.39, 0.29) is 11.5 Å². The van der Waals surface area contributed by atoms with Gasteiger partial charge in [-0.2, -0.15) is 0 Å². The van der Waals surface area contributed by atoms with Crippen LogP contribution in [0.15, 0.2) is 15.0 Å². The highest BCUT2D eigenvalue weighted by atomic mass is 16.1. The normalized spacial score (nSPS) is 27.2. The van der Waals surface area contributed by atoms with Gasteiger partial charge in [0.25, 0.3) is 0 Å². The average Bonchev–Trinajstić information content (AvgIpc) is 2.37. The summed E-state index contributed by atoms with van der Waals surface area (Å²) in [7, 11) is 0. The van der Waals surface area contributed by atoms with Crippen LogP contribution in [-0.4, -0.2) is 37.4 Å². The predicted molar refractivity (Wildman–Crippen MR) is 58.8 cm³/mol. The third-order valence-corrected chi connectivity index (χ3v) is 3.21. The Hall–Kier alpha value is -1.86. The van der Waals surface area contributed by atoms with E-state index in [4.69, 9.17) is 0 Å². The lowest BCUT2D eigenvalue weighted by Gasteiger charge is -2.35. The number of rotatable bonds is 5. The lowest BCUT2D eigenvalue weighted by atomic mass is 9.72. The fourth-order valence-corrected chi connectivity index (χ4v) is 2.18. The van der Waals surface area contributed by atoms with Gasteiger partial charge in [-0.3, -0.25) is 0 Å². The third-order valence-electron chi connectivity index (χ3n) is 3.21. The van der Waals surface area contributed by atoms with Gasteiger partial charge in [-0.05, 0) is 25.7 Å². The topological polar surface area (TPSA) is 88.3 Å². The van der Waals surface area contributed by atoms with Crippen molar-refractivity contribution in [2.45, 2.75) is 31.7 Å². The van der Waals surface area contributed by atoms with Crippen molar-refractivity contribution in [1.29, 1.82) is 0 Å². The molecule has 0 aromatic rings. The summed E-state index contributed by atoms with van der Waals surface area (Å²) in [6, 6.07) is -0.0129. The molecule has 1 fully saturated rings. The maximum atomic E-state index is 10.2. The van der Waals surface area contributed by atoms with Gasteiger partial charge in [0.2, 0.25) is 18.2 Å². The number of carbonyl (C=O) groups excluding carboxylic acids is 3. The first-order valence-electron chi connectivity index (χ1n) is 5.40. The molecule has 0 spiro atoms. The van der Waals surface area contributed by atoms with E-state index in [0.29, 0.717) is 13.1 Å². The Labute approximate surface area is 98.6 Å². The highest BCUT2D eigenvalue weighted by Crippen LogP contribution is 2.38. The van der Waals surface area contributed by atoms with E-state index < -0.39 is 0 Å². The minimum absolute atomic E-state index is 0.0129. The van der Waals surface area contributed by atoms with Crippen LogP contribution in [0.2, 0.25) is 0 Å². The fraction of sp³-hybridized carbons (Fsp3) is 0.727. The van der Waals surface area contributed by atoms with Crippen LogP contribution < -0.4 is 0 Å². The fourth-order valence-electron chi connectivity index (χ4n) is 2.18. The number of hydrogen-bond acceptors (Lipinski definition) is 6. The first kappa shape index (κ1) is 13.2. The average molecular weight is 235 g/mol. The Morgan fingerprint density at radius 3 is 1.88 bits per heavy atom. The summed E-state index contributed by atoms with van der Waals surface area (Å²) in [5.41, 5.74) is -0.288.